The number of nitrogens with one attached hydrogen (secondary N) is 1. The Labute approximate surface area is 89.7 Å². The first-order valence-corrected chi connectivity index (χ1v) is 5.41. The van der Waals surface area contributed by atoms with Crippen LogP contribution in [0.2, 0.25) is 0 Å². The molecule has 1 aliphatic rings. The van der Waals surface area contributed by atoms with Gasteiger partial charge in [0.1, 0.15) is 0 Å². The molecule has 2 rings (SSSR count). The first-order valence-electron chi connectivity index (χ1n) is 5.41. The molecule has 0 atom stereocenters. The number of nitrogens with zero attached hydrogens (tertiary/aromatic N) is 2. The molecule has 4 heteroatoms. The van der Waals surface area contributed by atoms with Crippen LogP contribution in [0.3, 0.4) is 0 Å². The summed E-state index contributed by atoms with van der Waals surface area (Å²) in [7, 11) is 0. The third-order valence-corrected chi connectivity index (χ3v) is 2.94. The van der Waals surface area contributed by atoms with Crippen molar-refractivity contribution >= 4 is 5.91 Å². The summed E-state index contributed by atoms with van der Waals surface area (Å²) in [6.45, 7) is 7.40. The number of aryl methyl sites for hydroxylation is 1. The van der Waals surface area contributed by atoms with Crippen LogP contribution >= 0.6 is 0 Å². The molecular weight excluding hydrogens is 190 g/mol. The molecule has 0 saturated heterocycles. The molecule has 1 aromatic rings. The molecule has 15 heavy (non-hydrogen) atoms. The van der Waals surface area contributed by atoms with Gasteiger partial charge in [-0.1, -0.05) is 13.8 Å². The Morgan fingerprint density at radius 2 is 2.27 bits per heavy atom. The topological polar surface area (TPSA) is 49.0 Å². The molecule has 0 unspecified atom stereocenters. The summed E-state index contributed by atoms with van der Waals surface area (Å²) in [5.41, 5.74) is 3.47. The van der Waals surface area contributed by atoms with E-state index in [9.17, 15) is 4.79 Å². The Balaban J connectivity index is 2.16. The number of H-pyrrole nitrogens is 1. The Hall–Kier alpha value is -1.32. The van der Waals surface area contributed by atoms with Crippen molar-refractivity contribution in [2.45, 2.75) is 33.7 Å². The highest BCUT2D eigenvalue weighted by atomic mass is 16.2. The van der Waals surface area contributed by atoms with Crippen LogP contribution in [0.15, 0.2) is 0 Å². The standard InChI is InChI=1S/C11H17N3O/c1-7(2)11(15)14-5-4-9-8(3)12-13-10(9)6-14/h7H,4-6H2,1-3H3,(H,12,13). The van der Waals surface area contributed by atoms with Crippen LogP contribution in [0.25, 0.3) is 0 Å². The lowest BCUT2D eigenvalue weighted by Crippen LogP contribution is -2.38. The van der Waals surface area contributed by atoms with Crippen molar-refractivity contribution in [2.75, 3.05) is 6.54 Å². The van der Waals surface area contributed by atoms with Crippen molar-refractivity contribution < 1.29 is 4.79 Å². The number of hydrogen-bond acceptors (Lipinski definition) is 2. The van der Waals surface area contributed by atoms with Crippen LogP contribution in [-0.4, -0.2) is 27.5 Å². The number of fused-ring (bicyclic) bond motifs is 1. The fourth-order valence-electron chi connectivity index (χ4n) is 2.03. The van der Waals surface area contributed by atoms with Crippen LogP contribution in [0.4, 0.5) is 0 Å². The van der Waals surface area contributed by atoms with E-state index in [4.69, 9.17) is 0 Å². The maximum Gasteiger partial charge on any atom is 0.225 e. The minimum absolute atomic E-state index is 0.0755. The smallest absolute Gasteiger partial charge is 0.225 e. The molecule has 0 radical (unpaired) electrons. The molecule has 1 amide bonds. The van der Waals surface area contributed by atoms with Crippen molar-refractivity contribution in [2.24, 2.45) is 5.92 Å². The van der Waals surface area contributed by atoms with Crippen molar-refractivity contribution in [3.8, 4) is 0 Å². The Bertz CT molecular complexity index is 381. The first kappa shape index (κ1) is 10.2. The van der Waals surface area contributed by atoms with E-state index in [0.717, 1.165) is 24.4 Å². The highest BCUT2D eigenvalue weighted by Crippen LogP contribution is 2.20. The van der Waals surface area contributed by atoms with Crippen molar-refractivity contribution in [1.82, 2.24) is 15.1 Å². The number of carbonyl (C=O) groups is 1. The summed E-state index contributed by atoms with van der Waals surface area (Å²) >= 11 is 0. The maximum absolute atomic E-state index is 11.8. The molecule has 0 aliphatic carbocycles. The normalized spacial score (nSPS) is 15.6. The second kappa shape index (κ2) is 3.68. The molecular formula is C11H17N3O. The third-order valence-electron chi connectivity index (χ3n) is 2.94. The van der Waals surface area contributed by atoms with E-state index in [0.29, 0.717) is 6.54 Å². The molecule has 0 bridgehead atoms. The number of carbonyl (C=O) groups excluding carboxylic acids is 1. The van der Waals surface area contributed by atoms with Gasteiger partial charge in [-0.15, -0.1) is 0 Å². The molecule has 4 nitrogen and oxygen atoms in total. The van der Waals surface area contributed by atoms with Gasteiger partial charge in [0.15, 0.2) is 0 Å². The van der Waals surface area contributed by atoms with Crippen molar-refractivity contribution in [3.63, 3.8) is 0 Å². The minimum atomic E-state index is 0.0755. The van der Waals surface area contributed by atoms with Gasteiger partial charge < -0.3 is 4.90 Å². The number of rotatable bonds is 1. The number of aromatic amines is 1. The number of hydrogen-bond donors (Lipinski definition) is 1. The van der Waals surface area contributed by atoms with Crippen LogP contribution in [0, 0.1) is 12.8 Å². The van der Waals surface area contributed by atoms with E-state index < -0.39 is 0 Å². The lowest BCUT2D eigenvalue weighted by atomic mass is 10.0. The lowest BCUT2D eigenvalue weighted by molar-refractivity contribution is -0.135. The van der Waals surface area contributed by atoms with E-state index in [1.54, 1.807) is 0 Å². The van der Waals surface area contributed by atoms with Gasteiger partial charge in [-0.2, -0.15) is 5.10 Å². The summed E-state index contributed by atoms with van der Waals surface area (Å²) in [5, 5.41) is 7.21. The van der Waals surface area contributed by atoms with Gasteiger partial charge in [0.05, 0.1) is 12.2 Å². The molecule has 1 aromatic heterocycles. The zero-order valence-corrected chi connectivity index (χ0v) is 9.50. The SMILES string of the molecule is Cc1[nH]nc2c1CCN(C(=O)C(C)C)C2. The van der Waals surface area contributed by atoms with E-state index in [-0.39, 0.29) is 11.8 Å². The summed E-state index contributed by atoms with van der Waals surface area (Å²) in [6, 6.07) is 0. The molecule has 2 heterocycles. The zero-order valence-electron chi connectivity index (χ0n) is 9.50. The Morgan fingerprint density at radius 3 is 2.93 bits per heavy atom. The molecule has 82 valence electrons. The average molecular weight is 207 g/mol. The second-order valence-electron chi connectivity index (χ2n) is 4.44. The van der Waals surface area contributed by atoms with E-state index in [1.165, 1.54) is 5.56 Å². The third kappa shape index (κ3) is 1.76. The summed E-state index contributed by atoms with van der Waals surface area (Å²) in [5.74, 6) is 0.299. The van der Waals surface area contributed by atoms with Gasteiger partial charge >= 0.3 is 0 Å². The van der Waals surface area contributed by atoms with Crippen LogP contribution in [0.1, 0.15) is 30.8 Å². The van der Waals surface area contributed by atoms with Crippen LogP contribution < -0.4 is 0 Å². The van der Waals surface area contributed by atoms with Gasteiger partial charge in [-0.25, -0.2) is 0 Å². The minimum Gasteiger partial charge on any atom is -0.336 e. The van der Waals surface area contributed by atoms with Gasteiger partial charge in [-0.3, -0.25) is 9.89 Å². The summed E-state index contributed by atoms with van der Waals surface area (Å²) < 4.78 is 0. The summed E-state index contributed by atoms with van der Waals surface area (Å²) in [4.78, 5) is 13.7. The molecule has 1 N–H and O–H groups in total. The molecule has 0 saturated carbocycles. The maximum atomic E-state index is 11.8. The van der Waals surface area contributed by atoms with Crippen molar-refractivity contribution in [3.05, 3.63) is 17.0 Å². The fourth-order valence-corrected chi connectivity index (χ4v) is 2.03. The van der Waals surface area contributed by atoms with E-state index in [1.807, 2.05) is 25.7 Å². The molecule has 0 fully saturated rings. The predicted octanol–water partition coefficient (Wildman–Crippen LogP) is 1.26. The lowest BCUT2D eigenvalue weighted by Gasteiger charge is -2.27. The van der Waals surface area contributed by atoms with E-state index in [2.05, 4.69) is 10.2 Å². The van der Waals surface area contributed by atoms with Gasteiger partial charge in [0.2, 0.25) is 5.91 Å². The molecule has 0 spiro atoms. The first-order chi connectivity index (χ1) is 7.09. The number of amides is 1. The van der Waals surface area contributed by atoms with E-state index >= 15 is 0 Å². The average Bonchev–Trinajstić information content (AvgIpc) is 2.59. The second-order valence-corrected chi connectivity index (χ2v) is 4.44. The fraction of sp³-hybridized carbons (Fsp3) is 0.636. The quantitative estimate of drug-likeness (QED) is 0.753. The van der Waals surface area contributed by atoms with Gasteiger partial charge in [0, 0.05) is 18.2 Å². The predicted molar refractivity (Wildman–Crippen MR) is 57.3 cm³/mol. The summed E-state index contributed by atoms with van der Waals surface area (Å²) in [6.07, 6.45) is 0.927. The van der Waals surface area contributed by atoms with Gasteiger partial charge in [-0.05, 0) is 18.9 Å². The van der Waals surface area contributed by atoms with Crippen molar-refractivity contribution in [1.29, 1.82) is 0 Å². The number of aromatic nitrogens is 2. The zero-order chi connectivity index (χ0) is 11.0. The molecule has 1 aliphatic heterocycles. The Morgan fingerprint density at radius 1 is 1.53 bits per heavy atom. The van der Waals surface area contributed by atoms with Gasteiger partial charge in [0.25, 0.3) is 0 Å². The highest BCUT2D eigenvalue weighted by Gasteiger charge is 2.25. The molecule has 0 aromatic carbocycles. The Kier molecular flexibility index (Phi) is 2.50. The largest absolute Gasteiger partial charge is 0.336 e. The van der Waals surface area contributed by atoms with Crippen LogP contribution in [0.5, 0.6) is 0 Å². The van der Waals surface area contributed by atoms with Crippen LogP contribution in [-0.2, 0) is 17.8 Å². The highest BCUT2D eigenvalue weighted by molar-refractivity contribution is 5.78. The monoisotopic (exact) mass is 207 g/mol.